The molecule has 2 atom stereocenters. The summed E-state index contributed by atoms with van der Waals surface area (Å²) in [6.45, 7) is 0. The molecule has 0 aliphatic carbocycles. The molecule has 4 aromatic rings. The molecule has 0 saturated carbocycles. The minimum atomic E-state index is -1.13. The second kappa shape index (κ2) is 12.2. The molecule has 7 N–H and O–H groups in total. The molecule has 2 unspecified atom stereocenters. The van der Waals surface area contributed by atoms with Crippen LogP contribution in [0.15, 0.2) is 78.0 Å². The van der Waals surface area contributed by atoms with Crippen LogP contribution in [0.4, 0.5) is 11.4 Å². The highest BCUT2D eigenvalue weighted by molar-refractivity contribution is 5.98. The largest absolute Gasteiger partial charge is 0.504 e. The van der Waals surface area contributed by atoms with Crippen molar-refractivity contribution in [3.63, 3.8) is 0 Å². The molecule has 0 bridgehead atoms. The number of nitro benzene ring substituents is 2. The second-order valence-corrected chi connectivity index (χ2v) is 9.63. The van der Waals surface area contributed by atoms with Crippen LogP contribution in [-0.4, -0.2) is 51.4 Å². The van der Waals surface area contributed by atoms with Crippen LogP contribution in [-0.2, 0) is 12.8 Å². The monoisotopic (exact) mass is 591 g/mol. The Balaban J connectivity index is 1.90. The van der Waals surface area contributed by atoms with Crippen LogP contribution < -0.4 is 0 Å². The molecule has 0 amide bonds. The summed E-state index contributed by atoms with van der Waals surface area (Å²) < 4.78 is 0. The van der Waals surface area contributed by atoms with Gasteiger partial charge >= 0.3 is 0 Å². The highest BCUT2D eigenvalue weighted by Crippen LogP contribution is 2.46. The molecule has 0 fully saturated rings. The molecule has 43 heavy (non-hydrogen) atoms. The summed E-state index contributed by atoms with van der Waals surface area (Å²) in [5.41, 5.74) is 0.350. The number of phenols is 6. The Morgan fingerprint density at radius 3 is 1.23 bits per heavy atom. The van der Waals surface area contributed by atoms with Crippen molar-refractivity contribution in [2.45, 2.75) is 24.7 Å². The number of non-ortho nitro benzene ring substituents is 2. The fourth-order valence-corrected chi connectivity index (χ4v) is 4.84. The zero-order chi connectivity index (χ0) is 31.4. The van der Waals surface area contributed by atoms with E-state index in [2.05, 4.69) is 5.16 Å². The number of aromatic hydroxyl groups is 6. The first-order valence-electron chi connectivity index (χ1n) is 12.6. The van der Waals surface area contributed by atoms with Crippen LogP contribution in [0.2, 0.25) is 0 Å². The summed E-state index contributed by atoms with van der Waals surface area (Å²) in [7, 11) is 0. The van der Waals surface area contributed by atoms with E-state index < -0.39 is 56.2 Å². The number of nitro groups is 2. The SMILES string of the molecule is O=[N+]([O-])c1ccc(CC(C(=NO)C(Cc2ccc([N+](=O)[O-])cc2)c2ccc(O)c(O)c2O)c2ccc(O)c(O)c2O)cc1. The lowest BCUT2D eigenvalue weighted by molar-refractivity contribution is -0.385. The van der Waals surface area contributed by atoms with E-state index in [0.717, 1.165) is 12.1 Å². The van der Waals surface area contributed by atoms with Crippen LogP contribution in [0.25, 0.3) is 0 Å². The van der Waals surface area contributed by atoms with Crippen molar-refractivity contribution in [3.8, 4) is 34.5 Å². The first-order valence-corrected chi connectivity index (χ1v) is 12.6. The van der Waals surface area contributed by atoms with E-state index >= 15 is 0 Å². The molecule has 4 aromatic carbocycles. The summed E-state index contributed by atoms with van der Waals surface area (Å²) in [5, 5.41) is 98.3. The van der Waals surface area contributed by atoms with Crippen LogP contribution >= 0.6 is 0 Å². The number of hydrogen-bond donors (Lipinski definition) is 7. The number of oxime groups is 1. The lowest BCUT2D eigenvalue weighted by atomic mass is 9.76. The van der Waals surface area contributed by atoms with Gasteiger partial charge in [-0.3, -0.25) is 20.2 Å². The Morgan fingerprint density at radius 2 is 0.930 bits per heavy atom. The van der Waals surface area contributed by atoms with Crippen LogP contribution in [0.1, 0.15) is 34.1 Å². The maximum absolute atomic E-state index is 11.2. The first kappa shape index (κ1) is 29.9. The van der Waals surface area contributed by atoms with E-state index in [4.69, 9.17) is 0 Å². The molecule has 0 saturated heterocycles. The number of benzene rings is 4. The Hall–Kier alpha value is -6.05. The van der Waals surface area contributed by atoms with Crippen molar-refractivity contribution in [1.82, 2.24) is 0 Å². The molecule has 0 heterocycles. The lowest BCUT2D eigenvalue weighted by Gasteiger charge is -2.28. The van der Waals surface area contributed by atoms with Gasteiger partial charge in [-0.1, -0.05) is 41.6 Å². The third-order valence-electron chi connectivity index (χ3n) is 7.08. The molecule has 14 heteroatoms. The van der Waals surface area contributed by atoms with Gasteiger partial charge in [0.2, 0.25) is 11.5 Å². The summed E-state index contributed by atoms with van der Waals surface area (Å²) in [6, 6.07) is 15.4. The Morgan fingerprint density at radius 1 is 0.581 bits per heavy atom. The van der Waals surface area contributed by atoms with E-state index in [1.165, 1.54) is 60.7 Å². The van der Waals surface area contributed by atoms with Gasteiger partial charge in [-0.2, -0.15) is 0 Å². The molecule has 14 nitrogen and oxygen atoms in total. The predicted molar refractivity (Wildman–Crippen MR) is 151 cm³/mol. The minimum absolute atomic E-state index is 0.0300. The van der Waals surface area contributed by atoms with Crippen molar-refractivity contribution in [2.24, 2.45) is 5.16 Å². The van der Waals surface area contributed by atoms with E-state index in [9.17, 15) is 56.1 Å². The van der Waals surface area contributed by atoms with Gasteiger partial charge in [-0.15, -0.1) is 0 Å². The van der Waals surface area contributed by atoms with Gasteiger partial charge in [0.25, 0.3) is 11.4 Å². The van der Waals surface area contributed by atoms with E-state index in [1.54, 1.807) is 0 Å². The number of hydrogen-bond acceptors (Lipinski definition) is 12. The molecule has 0 aromatic heterocycles. The summed E-state index contributed by atoms with van der Waals surface area (Å²) >= 11 is 0. The average Bonchev–Trinajstić information content (AvgIpc) is 2.99. The topological polar surface area (TPSA) is 240 Å². The van der Waals surface area contributed by atoms with Gasteiger partial charge in [0.15, 0.2) is 23.0 Å². The smallest absolute Gasteiger partial charge is 0.269 e. The van der Waals surface area contributed by atoms with Gasteiger partial charge in [0.05, 0.1) is 15.6 Å². The Kier molecular flexibility index (Phi) is 8.50. The lowest BCUT2D eigenvalue weighted by Crippen LogP contribution is -2.25. The van der Waals surface area contributed by atoms with Crippen molar-refractivity contribution < 1.29 is 45.7 Å². The third kappa shape index (κ3) is 6.17. The quantitative estimate of drug-likeness (QED) is 0.0429. The van der Waals surface area contributed by atoms with Gasteiger partial charge in [0, 0.05) is 47.2 Å². The molecular formula is C29H25N3O11. The van der Waals surface area contributed by atoms with E-state index in [1.807, 2.05) is 0 Å². The highest BCUT2D eigenvalue weighted by atomic mass is 16.6. The number of nitrogens with zero attached hydrogens (tertiary/aromatic N) is 3. The normalized spacial score (nSPS) is 12.3. The van der Waals surface area contributed by atoms with Gasteiger partial charge in [0.1, 0.15) is 0 Å². The van der Waals surface area contributed by atoms with Crippen molar-refractivity contribution in [1.29, 1.82) is 0 Å². The van der Waals surface area contributed by atoms with Crippen molar-refractivity contribution >= 4 is 17.1 Å². The van der Waals surface area contributed by atoms with Crippen LogP contribution in [0.5, 0.6) is 34.5 Å². The zero-order valence-electron chi connectivity index (χ0n) is 22.1. The molecule has 0 spiro atoms. The molecule has 222 valence electrons. The fourth-order valence-electron chi connectivity index (χ4n) is 4.84. The first-order chi connectivity index (χ1) is 20.4. The van der Waals surface area contributed by atoms with Gasteiger partial charge in [-0.25, -0.2) is 0 Å². The molecule has 4 rings (SSSR count). The summed E-state index contributed by atoms with van der Waals surface area (Å²) in [4.78, 5) is 21.1. The van der Waals surface area contributed by atoms with Gasteiger partial charge < -0.3 is 35.8 Å². The molecule has 0 radical (unpaired) electrons. The maximum atomic E-state index is 11.2. The minimum Gasteiger partial charge on any atom is -0.504 e. The molecule has 0 aliphatic heterocycles. The zero-order valence-corrected chi connectivity index (χ0v) is 22.1. The van der Waals surface area contributed by atoms with Crippen LogP contribution in [0.3, 0.4) is 0 Å². The summed E-state index contributed by atoms with van der Waals surface area (Å²) in [6.07, 6.45) is -0.173. The average molecular weight is 592 g/mol. The molecular weight excluding hydrogens is 566 g/mol. The van der Waals surface area contributed by atoms with Crippen LogP contribution in [0, 0.1) is 20.2 Å². The summed E-state index contributed by atoms with van der Waals surface area (Å²) in [5.74, 6) is -6.75. The number of rotatable bonds is 10. The second-order valence-electron chi connectivity index (χ2n) is 9.63. The fraction of sp³-hybridized carbons (Fsp3) is 0.138. The number of phenolic OH excluding ortho intramolecular Hbond substituents is 6. The Labute approximate surface area is 242 Å². The van der Waals surface area contributed by atoms with Gasteiger partial charge in [-0.05, 0) is 36.1 Å². The van der Waals surface area contributed by atoms with Crippen molar-refractivity contribution in [2.75, 3.05) is 0 Å². The predicted octanol–water partition coefficient (Wildman–Crippen LogP) is 4.92. The maximum Gasteiger partial charge on any atom is 0.269 e. The molecule has 0 aliphatic rings. The standard InChI is InChI=1S/C29H25N3O11/c33-23-11-9-19(26(35)28(23)37)21(13-15-1-5-17(6-2-15)31(40)41)25(30-39)22(20-10-12-24(34)29(38)27(20)36)14-16-3-7-18(8-4-16)32(42)43/h1-12,21-22,33-39H,13-14H2. The van der Waals surface area contributed by atoms with E-state index in [-0.39, 0.29) is 41.1 Å². The highest BCUT2D eigenvalue weighted by Gasteiger charge is 2.34. The van der Waals surface area contributed by atoms with Crippen molar-refractivity contribution in [3.05, 3.63) is 115 Å². The Bertz CT molecular complexity index is 1580. The van der Waals surface area contributed by atoms with E-state index in [0.29, 0.717) is 11.1 Å². The third-order valence-corrected chi connectivity index (χ3v) is 7.08.